The second kappa shape index (κ2) is 4.84. The Labute approximate surface area is 123 Å². The summed E-state index contributed by atoms with van der Waals surface area (Å²) < 4.78 is 2.12. The van der Waals surface area contributed by atoms with Crippen molar-refractivity contribution in [2.75, 3.05) is 18.0 Å². The molecule has 2 aromatic heterocycles. The number of hydrogen-bond acceptors (Lipinski definition) is 4. The van der Waals surface area contributed by atoms with Crippen LogP contribution in [0.15, 0.2) is 43.0 Å². The number of hydrogen-bond donors (Lipinski definition) is 0. The molecule has 3 heterocycles. The number of aromatic nitrogens is 4. The lowest BCUT2D eigenvalue weighted by molar-refractivity contribution is 0.665. The maximum absolute atomic E-state index is 4.51. The molecule has 5 heteroatoms. The lowest BCUT2D eigenvalue weighted by Gasteiger charge is -2.19. The van der Waals surface area contributed by atoms with Crippen LogP contribution >= 0.6 is 0 Å². The molecule has 0 spiro atoms. The predicted molar refractivity (Wildman–Crippen MR) is 82.3 cm³/mol. The minimum atomic E-state index is 0.471. The van der Waals surface area contributed by atoms with Crippen molar-refractivity contribution in [3.8, 4) is 0 Å². The van der Waals surface area contributed by atoms with E-state index in [2.05, 4.69) is 37.5 Å². The predicted octanol–water partition coefficient (Wildman–Crippen LogP) is 2.36. The molecule has 1 aromatic carbocycles. The van der Waals surface area contributed by atoms with E-state index in [4.69, 9.17) is 0 Å². The van der Waals surface area contributed by atoms with Gasteiger partial charge in [0.25, 0.3) is 0 Å². The van der Waals surface area contributed by atoms with Crippen molar-refractivity contribution in [2.45, 2.75) is 12.3 Å². The molecule has 0 radical (unpaired) electrons. The van der Waals surface area contributed by atoms with Gasteiger partial charge in [-0.3, -0.25) is 0 Å². The first-order valence-electron chi connectivity index (χ1n) is 7.25. The van der Waals surface area contributed by atoms with Crippen LogP contribution in [-0.4, -0.2) is 32.6 Å². The van der Waals surface area contributed by atoms with E-state index < -0.39 is 0 Å². The molecule has 21 heavy (non-hydrogen) atoms. The Morgan fingerprint density at radius 3 is 2.90 bits per heavy atom. The molecular weight excluding hydrogens is 262 g/mol. The quantitative estimate of drug-likeness (QED) is 0.722. The summed E-state index contributed by atoms with van der Waals surface area (Å²) >= 11 is 0. The largest absolute Gasteiger partial charge is 0.355 e. The minimum Gasteiger partial charge on any atom is -0.355 e. The second-order valence-electron chi connectivity index (χ2n) is 5.54. The zero-order valence-corrected chi connectivity index (χ0v) is 12.0. The van der Waals surface area contributed by atoms with E-state index in [-0.39, 0.29) is 0 Å². The second-order valence-corrected chi connectivity index (χ2v) is 5.54. The van der Waals surface area contributed by atoms with Gasteiger partial charge in [0.1, 0.15) is 18.0 Å². The molecule has 1 aliphatic heterocycles. The van der Waals surface area contributed by atoms with E-state index in [1.165, 1.54) is 0 Å². The van der Waals surface area contributed by atoms with Crippen molar-refractivity contribution in [3.05, 3.63) is 48.8 Å². The molecule has 0 bridgehead atoms. The van der Waals surface area contributed by atoms with Gasteiger partial charge in [-0.05, 0) is 18.6 Å². The number of imidazole rings is 1. The molecule has 1 saturated heterocycles. The topological polar surface area (TPSA) is 46.8 Å². The number of rotatable bonds is 2. The average Bonchev–Trinajstić information content (AvgIpc) is 3.15. The van der Waals surface area contributed by atoms with E-state index in [9.17, 15) is 0 Å². The van der Waals surface area contributed by atoms with E-state index in [1.807, 2.05) is 30.6 Å². The summed E-state index contributed by atoms with van der Waals surface area (Å²) in [5.74, 6) is 2.67. The van der Waals surface area contributed by atoms with Crippen molar-refractivity contribution < 1.29 is 0 Å². The highest BCUT2D eigenvalue weighted by atomic mass is 15.2. The molecule has 1 aliphatic rings. The van der Waals surface area contributed by atoms with Gasteiger partial charge in [-0.15, -0.1) is 0 Å². The van der Waals surface area contributed by atoms with E-state index >= 15 is 0 Å². The third kappa shape index (κ3) is 2.05. The standard InChI is InChI=1S/C16H17N5/c1-20-9-7-17-15(20)12-6-8-21(10-12)16-13-4-2-3-5-14(13)18-11-19-16/h2-5,7,9,11-12H,6,8,10H2,1H3. The van der Waals surface area contributed by atoms with Crippen molar-refractivity contribution in [1.29, 1.82) is 0 Å². The van der Waals surface area contributed by atoms with Gasteiger partial charge >= 0.3 is 0 Å². The minimum absolute atomic E-state index is 0.471. The smallest absolute Gasteiger partial charge is 0.139 e. The monoisotopic (exact) mass is 279 g/mol. The summed E-state index contributed by atoms with van der Waals surface area (Å²) in [5, 5.41) is 1.13. The average molecular weight is 279 g/mol. The van der Waals surface area contributed by atoms with Crippen molar-refractivity contribution in [3.63, 3.8) is 0 Å². The van der Waals surface area contributed by atoms with Gasteiger partial charge in [0.2, 0.25) is 0 Å². The Hall–Kier alpha value is -2.43. The molecule has 0 saturated carbocycles. The maximum atomic E-state index is 4.51. The fraction of sp³-hybridized carbons (Fsp3) is 0.312. The molecule has 0 N–H and O–H groups in total. The molecule has 1 atom stereocenters. The van der Waals surface area contributed by atoms with Gasteiger partial charge in [0.05, 0.1) is 5.52 Å². The molecule has 4 rings (SSSR count). The van der Waals surface area contributed by atoms with Gasteiger partial charge in [-0.1, -0.05) is 12.1 Å². The SMILES string of the molecule is Cn1ccnc1C1CCN(c2ncnc3ccccc23)C1. The number of fused-ring (bicyclic) bond motifs is 1. The molecule has 1 fully saturated rings. The summed E-state index contributed by atoms with van der Waals surface area (Å²) in [4.78, 5) is 15.7. The third-order valence-corrected chi connectivity index (χ3v) is 4.23. The lowest BCUT2D eigenvalue weighted by Crippen LogP contribution is -2.21. The molecule has 5 nitrogen and oxygen atoms in total. The van der Waals surface area contributed by atoms with Crippen LogP contribution in [-0.2, 0) is 7.05 Å². The number of aryl methyl sites for hydroxylation is 1. The van der Waals surface area contributed by atoms with Gasteiger partial charge in [0, 0.05) is 43.8 Å². The summed E-state index contributed by atoms with van der Waals surface area (Å²) in [6.45, 7) is 1.98. The number of para-hydroxylation sites is 1. The van der Waals surface area contributed by atoms with Crippen LogP contribution in [0, 0.1) is 0 Å². The molecular formula is C16H17N5. The van der Waals surface area contributed by atoms with Crippen LogP contribution in [0.5, 0.6) is 0 Å². The van der Waals surface area contributed by atoms with Gasteiger partial charge in [-0.2, -0.15) is 0 Å². The van der Waals surface area contributed by atoms with Crippen LogP contribution in [0.2, 0.25) is 0 Å². The number of benzene rings is 1. The van der Waals surface area contributed by atoms with Crippen LogP contribution in [0.1, 0.15) is 18.2 Å². The molecule has 3 aromatic rings. The first kappa shape index (κ1) is 12.3. The molecule has 106 valence electrons. The Bertz CT molecular complexity index is 774. The summed E-state index contributed by atoms with van der Waals surface area (Å²) in [7, 11) is 2.06. The van der Waals surface area contributed by atoms with Gasteiger partial charge in [-0.25, -0.2) is 15.0 Å². The summed E-state index contributed by atoms with van der Waals surface area (Å²) in [6.07, 6.45) is 6.66. The van der Waals surface area contributed by atoms with Crippen molar-refractivity contribution in [2.24, 2.45) is 7.05 Å². The fourth-order valence-corrected chi connectivity index (χ4v) is 3.18. The lowest BCUT2D eigenvalue weighted by atomic mass is 10.1. The van der Waals surface area contributed by atoms with Gasteiger partial charge in [0.15, 0.2) is 0 Å². The molecule has 1 unspecified atom stereocenters. The zero-order valence-electron chi connectivity index (χ0n) is 12.0. The van der Waals surface area contributed by atoms with Gasteiger partial charge < -0.3 is 9.47 Å². The van der Waals surface area contributed by atoms with Crippen LogP contribution in [0.3, 0.4) is 0 Å². The summed E-state index contributed by atoms with van der Waals surface area (Å²) in [5.41, 5.74) is 1.00. The maximum Gasteiger partial charge on any atom is 0.139 e. The van der Waals surface area contributed by atoms with Crippen molar-refractivity contribution in [1.82, 2.24) is 19.5 Å². The Kier molecular flexibility index (Phi) is 2.84. The molecule has 0 amide bonds. The highest BCUT2D eigenvalue weighted by molar-refractivity contribution is 5.89. The van der Waals surface area contributed by atoms with E-state index in [0.717, 1.165) is 42.1 Å². The fourth-order valence-electron chi connectivity index (χ4n) is 3.18. The highest BCUT2D eigenvalue weighted by Gasteiger charge is 2.28. The Balaban J connectivity index is 1.67. The Morgan fingerprint density at radius 2 is 2.05 bits per heavy atom. The van der Waals surface area contributed by atoms with E-state index in [0.29, 0.717) is 5.92 Å². The van der Waals surface area contributed by atoms with Crippen LogP contribution < -0.4 is 4.90 Å². The first-order valence-corrected chi connectivity index (χ1v) is 7.25. The van der Waals surface area contributed by atoms with Crippen LogP contribution in [0.25, 0.3) is 10.9 Å². The van der Waals surface area contributed by atoms with E-state index in [1.54, 1.807) is 6.33 Å². The summed E-state index contributed by atoms with van der Waals surface area (Å²) in [6, 6.07) is 8.19. The number of anilines is 1. The zero-order chi connectivity index (χ0) is 14.2. The van der Waals surface area contributed by atoms with Crippen molar-refractivity contribution >= 4 is 16.7 Å². The number of nitrogens with zero attached hydrogens (tertiary/aromatic N) is 5. The third-order valence-electron chi connectivity index (χ3n) is 4.23. The Morgan fingerprint density at radius 1 is 1.14 bits per heavy atom. The first-order chi connectivity index (χ1) is 10.3. The highest BCUT2D eigenvalue weighted by Crippen LogP contribution is 2.31. The molecule has 0 aliphatic carbocycles. The normalized spacial score (nSPS) is 18.5. The van der Waals surface area contributed by atoms with Crippen LogP contribution in [0.4, 0.5) is 5.82 Å².